The van der Waals surface area contributed by atoms with Crippen LogP contribution in [-0.4, -0.2) is 89.7 Å². The van der Waals surface area contributed by atoms with E-state index in [9.17, 15) is 13.6 Å². The molecule has 2 heterocycles. The van der Waals surface area contributed by atoms with Crippen LogP contribution in [0.4, 0.5) is 20.3 Å². The quantitative estimate of drug-likeness (QED) is 0.113. The van der Waals surface area contributed by atoms with E-state index >= 15 is 0 Å². The van der Waals surface area contributed by atoms with Crippen molar-refractivity contribution in [1.29, 1.82) is 0 Å². The van der Waals surface area contributed by atoms with Crippen molar-refractivity contribution in [2.45, 2.75) is 26.4 Å². The fraction of sp³-hybridized carbons (Fsp3) is 0.364. The zero-order valence-corrected chi connectivity index (χ0v) is 25.8. The largest absolute Gasteiger partial charge is 0.435 e. The first-order valence-corrected chi connectivity index (χ1v) is 14.9. The van der Waals surface area contributed by atoms with E-state index in [4.69, 9.17) is 10.5 Å². The number of nitrogens with one attached hydrogen (secondary N) is 1. The second-order valence-corrected chi connectivity index (χ2v) is 10.6. The first-order chi connectivity index (χ1) is 21.8. The molecular formula is C33H41F2N7O3. The van der Waals surface area contributed by atoms with Crippen LogP contribution < -0.4 is 15.8 Å². The number of benzene rings is 2. The zero-order chi connectivity index (χ0) is 32.2. The molecule has 4 aromatic rings. The minimum absolute atomic E-state index is 0.0829. The van der Waals surface area contributed by atoms with Crippen molar-refractivity contribution in [3.05, 3.63) is 84.8 Å². The number of carbonyl (C=O) groups is 1. The molecule has 0 unspecified atom stereocenters. The summed E-state index contributed by atoms with van der Waals surface area (Å²) in [6.07, 6.45) is 9.07. The Kier molecular flexibility index (Phi) is 12.4. The molecule has 10 nitrogen and oxygen atoms in total. The number of hydrogen-bond donors (Lipinski definition) is 2. The molecule has 3 N–H and O–H groups in total. The number of alkyl halides is 2. The molecule has 0 spiro atoms. The molecule has 0 radical (unpaired) electrons. The number of aromatic nitrogens is 3. The Hall–Kier alpha value is -4.39. The number of likely N-dealkylation sites (N-methyl/N-ethyl adjacent to an activating group) is 1. The number of unbranched alkanes of at least 4 members (excludes halogenated alkanes) is 1. The second-order valence-electron chi connectivity index (χ2n) is 10.6. The van der Waals surface area contributed by atoms with E-state index < -0.39 is 6.61 Å². The smallest absolute Gasteiger partial charge is 0.387 e. The average Bonchev–Trinajstić information content (AvgIpc) is 3.46. The number of fused-ring (bicyclic) bond motifs is 1. The molecule has 0 saturated carbocycles. The topological polar surface area (TPSA) is 110 Å². The molecule has 2 aromatic heterocycles. The number of allylic oxidation sites excluding steroid dienone is 1. The van der Waals surface area contributed by atoms with Gasteiger partial charge in [0.1, 0.15) is 5.75 Å². The monoisotopic (exact) mass is 621 g/mol. The SMILES string of the molecule is C=CCCCN(CCN)CCOCCN(C)C(=O)c1ccc(Nc2nccn3c(-c4ccc(OC(F)F)cc4)cnc23)cc1C. The lowest BCUT2D eigenvalue weighted by Gasteiger charge is -2.22. The van der Waals surface area contributed by atoms with Gasteiger partial charge >= 0.3 is 6.61 Å². The van der Waals surface area contributed by atoms with E-state index in [1.165, 1.54) is 12.1 Å². The normalized spacial score (nSPS) is 11.4. The lowest BCUT2D eigenvalue weighted by atomic mass is 10.1. The molecule has 1 amide bonds. The van der Waals surface area contributed by atoms with Crippen LogP contribution in [0.3, 0.4) is 0 Å². The summed E-state index contributed by atoms with van der Waals surface area (Å²) in [5.74, 6) is 0.527. The number of hydrogen-bond acceptors (Lipinski definition) is 8. The number of anilines is 2. The van der Waals surface area contributed by atoms with Crippen LogP contribution >= 0.6 is 0 Å². The maximum Gasteiger partial charge on any atom is 0.387 e. The Morgan fingerprint density at radius 1 is 1.11 bits per heavy atom. The number of nitrogens with zero attached hydrogens (tertiary/aromatic N) is 5. The third kappa shape index (κ3) is 9.30. The van der Waals surface area contributed by atoms with Gasteiger partial charge in [0.15, 0.2) is 11.5 Å². The maximum absolute atomic E-state index is 13.2. The van der Waals surface area contributed by atoms with E-state index in [0.717, 1.165) is 55.0 Å². The van der Waals surface area contributed by atoms with Crippen LogP contribution in [0.1, 0.15) is 28.8 Å². The van der Waals surface area contributed by atoms with Crippen molar-refractivity contribution in [1.82, 2.24) is 24.2 Å². The molecular weight excluding hydrogens is 580 g/mol. The first-order valence-electron chi connectivity index (χ1n) is 14.9. The Morgan fingerprint density at radius 2 is 1.89 bits per heavy atom. The average molecular weight is 622 g/mol. The second kappa shape index (κ2) is 16.6. The van der Waals surface area contributed by atoms with E-state index in [2.05, 4.69) is 31.5 Å². The van der Waals surface area contributed by atoms with Crippen LogP contribution in [0, 0.1) is 6.92 Å². The highest BCUT2D eigenvalue weighted by Crippen LogP contribution is 2.28. The molecule has 0 aliphatic rings. The molecule has 0 aliphatic heterocycles. The lowest BCUT2D eigenvalue weighted by molar-refractivity contribution is -0.0498. The molecule has 0 aliphatic carbocycles. The van der Waals surface area contributed by atoms with E-state index in [1.807, 2.05) is 29.5 Å². The molecule has 240 valence electrons. The fourth-order valence-electron chi connectivity index (χ4n) is 4.93. The van der Waals surface area contributed by atoms with Crippen molar-refractivity contribution >= 4 is 23.1 Å². The zero-order valence-electron chi connectivity index (χ0n) is 25.8. The first kappa shape index (κ1) is 33.5. The Morgan fingerprint density at radius 3 is 2.60 bits per heavy atom. The summed E-state index contributed by atoms with van der Waals surface area (Å²) in [4.78, 5) is 26.1. The highest BCUT2D eigenvalue weighted by molar-refractivity contribution is 5.96. The summed E-state index contributed by atoms with van der Waals surface area (Å²) < 4.78 is 37.1. The van der Waals surface area contributed by atoms with Crippen molar-refractivity contribution in [2.24, 2.45) is 5.73 Å². The molecule has 0 bridgehead atoms. The lowest BCUT2D eigenvalue weighted by Crippen LogP contribution is -2.34. The molecule has 0 saturated heterocycles. The van der Waals surface area contributed by atoms with Crippen molar-refractivity contribution in [3.63, 3.8) is 0 Å². The van der Waals surface area contributed by atoms with Gasteiger partial charge in [0.05, 0.1) is 25.1 Å². The molecule has 4 rings (SSSR count). The van der Waals surface area contributed by atoms with Crippen molar-refractivity contribution in [3.8, 4) is 17.0 Å². The predicted octanol–water partition coefficient (Wildman–Crippen LogP) is 5.37. The molecule has 45 heavy (non-hydrogen) atoms. The number of rotatable bonds is 18. The third-order valence-corrected chi connectivity index (χ3v) is 7.32. The summed E-state index contributed by atoms with van der Waals surface area (Å²) in [6.45, 7) is 7.48. The van der Waals surface area contributed by atoms with Crippen LogP contribution in [-0.2, 0) is 4.74 Å². The van der Waals surface area contributed by atoms with Gasteiger partial charge in [0.2, 0.25) is 0 Å². The molecule has 2 aromatic carbocycles. The number of carbonyl (C=O) groups excluding carboxylic acids is 1. The van der Waals surface area contributed by atoms with Crippen molar-refractivity contribution in [2.75, 3.05) is 58.3 Å². The Labute approximate surface area is 262 Å². The number of aryl methyl sites for hydroxylation is 1. The molecule has 0 fully saturated rings. The summed E-state index contributed by atoms with van der Waals surface area (Å²) in [6, 6.07) is 11.9. The fourth-order valence-corrected chi connectivity index (χ4v) is 4.93. The van der Waals surface area contributed by atoms with Gasteiger partial charge in [-0.15, -0.1) is 6.58 Å². The van der Waals surface area contributed by atoms with Gasteiger partial charge in [-0.25, -0.2) is 9.97 Å². The molecule has 12 heteroatoms. The van der Waals surface area contributed by atoms with Crippen LogP contribution in [0.15, 0.2) is 73.7 Å². The third-order valence-electron chi connectivity index (χ3n) is 7.32. The highest BCUT2D eigenvalue weighted by Gasteiger charge is 2.16. The number of imidazole rings is 1. The van der Waals surface area contributed by atoms with Gasteiger partial charge in [-0.3, -0.25) is 14.1 Å². The number of nitrogens with two attached hydrogens (primary N) is 1. The summed E-state index contributed by atoms with van der Waals surface area (Å²) in [5.41, 5.74) is 10.0. The maximum atomic E-state index is 13.2. The van der Waals surface area contributed by atoms with Gasteiger partial charge in [0, 0.05) is 62.4 Å². The van der Waals surface area contributed by atoms with Crippen LogP contribution in [0.2, 0.25) is 0 Å². The Balaban J connectivity index is 1.33. The van der Waals surface area contributed by atoms with E-state index in [-0.39, 0.29) is 11.7 Å². The number of amides is 1. The Bertz CT molecular complexity index is 1550. The van der Waals surface area contributed by atoms with Gasteiger partial charge in [0.25, 0.3) is 5.91 Å². The minimum Gasteiger partial charge on any atom is -0.435 e. The van der Waals surface area contributed by atoms with Gasteiger partial charge < -0.3 is 25.4 Å². The number of ether oxygens (including phenoxy) is 2. The summed E-state index contributed by atoms with van der Waals surface area (Å²) >= 11 is 0. The van der Waals surface area contributed by atoms with Crippen LogP contribution in [0.25, 0.3) is 16.9 Å². The van der Waals surface area contributed by atoms with Gasteiger partial charge in [-0.1, -0.05) is 6.08 Å². The van der Waals surface area contributed by atoms with Gasteiger partial charge in [-0.2, -0.15) is 8.78 Å². The van der Waals surface area contributed by atoms with E-state index in [0.29, 0.717) is 43.3 Å². The summed E-state index contributed by atoms with van der Waals surface area (Å²) in [5, 5.41) is 3.30. The predicted molar refractivity (Wildman–Crippen MR) is 172 cm³/mol. The minimum atomic E-state index is -2.88. The van der Waals surface area contributed by atoms with E-state index in [1.54, 1.807) is 48.7 Å². The van der Waals surface area contributed by atoms with Crippen LogP contribution in [0.5, 0.6) is 5.75 Å². The number of halogens is 2. The standard InChI is InChI=1S/C33H41F2N7O3/c1-4-5-6-15-41(16-13-36)19-21-44-20-18-40(3)32(43)28-12-9-26(22-24(28)2)39-30-31-38-23-29(42(31)17-14-37-30)25-7-10-27(11-8-25)45-33(34)35/h4,7-12,14,17,22-23,33H,1,5-6,13,15-16,18-21,36H2,2-3H3,(H,37,39). The molecule has 0 atom stereocenters. The van der Waals surface area contributed by atoms with Gasteiger partial charge in [-0.05, 0) is 74.3 Å². The summed E-state index contributed by atoms with van der Waals surface area (Å²) in [7, 11) is 1.77. The highest BCUT2D eigenvalue weighted by atomic mass is 19.3. The van der Waals surface area contributed by atoms with Crippen molar-refractivity contribution < 1.29 is 23.0 Å².